The van der Waals surface area contributed by atoms with E-state index in [0.29, 0.717) is 5.56 Å². The van der Waals surface area contributed by atoms with Crippen molar-refractivity contribution in [3.05, 3.63) is 50.8 Å². The minimum Gasteiger partial charge on any atom is -0.283 e. The van der Waals surface area contributed by atoms with Crippen molar-refractivity contribution in [1.82, 2.24) is 14.9 Å². The van der Waals surface area contributed by atoms with Crippen molar-refractivity contribution in [1.29, 1.82) is 0 Å². The van der Waals surface area contributed by atoms with E-state index in [1.54, 1.807) is 6.92 Å². The molecular formula is C11H11ClN4O4S. The van der Waals surface area contributed by atoms with E-state index in [1.165, 1.54) is 12.3 Å². The van der Waals surface area contributed by atoms with E-state index >= 15 is 0 Å². The van der Waals surface area contributed by atoms with E-state index in [2.05, 4.69) is 14.9 Å². The Morgan fingerprint density at radius 2 is 2.19 bits per heavy atom. The largest absolute Gasteiger partial charge is 0.283 e. The maximum atomic E-state index is 12.2. The molecule has 0 aliphatic heterocycles. The SMILES string of the molecule is Cc1[nH]ncc1CNS(=O)(=O)c1cc([N+](=O)[O-])ccc1Cl. The zero-order chi connectivity index (χ0) is 15.6. The van der Waals surface area contributed by atoms with Gasteiger partial charge in [0.15, 0.2) is 0 Å². The summed E-state index contributed by atoms with van der Waals surface area (Å²) in [7, 11) is -3.97. The number of H-pyrrole nitrogens is 1. The Morgan fingerprint density at radius 3 is 2.76 bits per heavy atom. The molecule has 0 radical (unpaired) electrons. The first-order chi connectivity index (χ1) is 9.81. The number of hydrogen-bond acceptors (Lipinski definition) is 5. The van der Waals surface area contributed by atoms with Gasteiger partial charge in [-0.15, -0.1) is 0 Å². The molecular weight excluding hydrogens is 320 g/mol. The van der Waals surface area contributed by atoms with Gasteiger partial charge >= 0.3 is 0 Å². The number of nitrogens with one attached hydrogen (secondary N) is 2. The van der Waals surface area contributed by atoms with Gasteiger partial charge in [-0.05, 0) is 13.0 Å². The van der Waals surface area contributed by atoms with Gasteiger partial charge in [0, 0.05) is 29.9 Å². The summed E-state index contributed by atoms with van der Waals surface area (Å²) in [5.41, 5.74) is 1.04. The van der Waals surface area contributed by atoms with Crippen LogP contribution in [0.4, 0.5) is 5.69 Å². The van der Waals surface area contributed by atoms with E-state index in [4.69, 9.17) is 11.6 Å². The van der Waals surface area contributed by atoms with Crippen molar-refractivity contribution in [2.75, 3.05) is 0 Å². The number of aromatic nitrogens is 2. The third kappa shape index (κ3) is 3.38. The molecule has 0 aliphatic rings. The first kappa shape index (κ1) is 15.4. The van der Waals surface area contributed by atoms with Crippen molar-refractivity contribution in [3.8, 4) is 0 Å². The van der Waals surface area contributed by atoms with E-state index in [0.717, 1.165) is 17.8 Å². The number of aromatic amines is 1. The second-order valence-electron chi connectivity index (χ2n) is 4.22. The van der Waals surface area contributed by atoms with Crippen LogP contribution < -0.4 is 4.72 Å². The number of non-ortho nitro benzene ring substituents is 1. The number of halogens is 1. The Balaban J connectivity index is 2.29. The fourth-order valence-corrected chi connectivity index (χ4v) is 3.14. The number of sulfonamides is 1. The number of nitro benzene ring substituents is 1. The van der Waals surface area contributed by atoms with Crippen LogP contribution in [-0.2, 0) is 16.6 Å². The monoisotopic (exact) mass is 330 g/mol. The predicted octanol–water partition coefficient (Wildman–Crippen LogP) is 1.76. The third-order valence-corrected chi connectivity index (χ3v) is 4.68. The Labute approximate surface area is 125 Å². The topological polar surface area (TPSA) is 118 Å². The maximum absolute atomic E-state index is 12.2. The van der Waals surface area contributed by atoms with Gasteiger partial charge in [-0.3, -0.25) is 15.2 Å². The van der Waals surface area contributed by atoms with Gasteiger partial charge in [0.25, 0.3) is 5.69 Å². The highest BCUT2D eigenvalue weighted by Gasteiger charge is 2.21. The third-order valence-electron chi connectivity index (χ3n) is 2.80. The van der Waals surface area contributed by atoms with Crippen molar-refractivity contribution < 1.29 is 13.3 Å². The lowest BCUT2D eigenvalue weighted by Crippen LogP contribution is -2.23. The minimum absolute atomic E-state index is 0.00366. The molecule has 2 rings (SSSR count). The molecule has 0 saturated carbocycles. The summed E-state index contributed by atoms with van der Waals surface area (Å²) < 4.78 is 26.7. The second-order valence-corrected chi connectivity index (χ2v) is 6.36. The summed E-state index contributed by atoms with van der Waals surface area (Å²) in [6.45, 7) is 1.75. The fourth-order valence-electron chi connectivity index (χ4n) is 1.62. The Hall–Kier alpha value is -1.97. The molecule has 0 atom stereocenters. The summed E-state index contributed by atoms with van der Waals surface area (Å²) in [6.07, 6.45) is 1.49. The summed E-state index contributed by atoms with van der Waals surface area (Å²) in [6, 6.07) is 3.24. The molecule has 2 N–H and O–H groups in total. The standard InChI is InChI=1S/C11H11ClN4O4S/c1-7-8(5-13-15-7)6-14-21(19,20)11-4-9(16(17)18)2-3-10(11)12/h2-5,14H,6H2,1H3,(H,13,15). The van der Waals surface area contributed by atoms with Crippen LogP contribution in [0.15, 0.2) is 29.3 Å². The molecule has 0 unspecified atom stereocenters. The van der Waals surface area contributed by atoms with E-state index in [9.17, 15) is 18.5 Å². The van der Waals surface area contributed by atoms with Crippen LogP contribution >= 0.6 is 11.6 Å². The van der Waals surface area contributed by atoms with Gasteiger partial charge in [-0.1, -0.05) is 11.6 Å². The van der Waals surface area contributed by atoms with Crippen molar-refractivity contribution in [2.45, 2.75) is 18.4 Å². The van der Waals surface area contributed by atoms with Crippen LogP contribution in [0.2, 0.25) is 5.02 Å². The molecule has 1 aromatic heterocycles. The number of aryl methyl sites for hydroxylation is 1. The van der Waals surface area contributed by atoms with Crippen LogP contribution in [0.1, 0.15) is 11.3 Å². The van der Waals surface area contributed by atoms with Crippen LogP contribution in [0, 0.1) is 17.0 Å². The Kier molecular flexibility index (Phi) is 4.26. The van der Waals surface area contributed by atoms with Gasteiger partial charge in [-0.25, -0.2) is 13.1 Å². The zero-order valence-electron chi connectivity index (χ0n) is 10.8. The normalized spacial score (nSPS) is 11.5. The maximum Gasteiger partial charge on any atom is 0.270 e. The molecule has 1 aromatic carbocycles. The average Bonchev–Trinajstić information content (AvgIpc) is 2.82. The molecule has 112 valence electrons. The zero-order valence-corrected chi connectivity index (χ0v) is 12.4. The first-order valence-electron chi connectivity index (χ1n) is 5.73. The second kappa shape index (κ2) is 5.80. The van der Waals surface area contributed by atoms with Crippen LogP contribution in [-0.4, -0.2) is 23.5 Å². The van der Waals surface area contributed by atoms with Gasteiger partial charge in [0.1, 0.15) is 4.90 Å². The molecule has 0 fully saturated rings. The van der Waals surface area contributed by atoms with Gasteiger partial charge in [0.2, 0.25) is 10.0 Å². The predicted molar refractivity (Wildman–Crippen MR) is 75.5 cm³/mol. The molecule has 2 aromatic rings. The molecule has 10 heteroatoms. The van der Waals surface area contributed by atoms with Crippen LogP contribution in [0.5, 0.6) is 0 Å². The molecule has 0 amide bonds. The summed E-state index contributed by atoms with van der Waals surface area (Å²) in [4.78, 5) is 9.70. The average molecular weight is 331 g/mol. The molecule has 8 nitrogen and oxygen atoms in total. The lowest BCUT2D eigenvalue weighted by Gasteiger charge is -2.08. The molecule has 0 spiro atoms. The molecule has 0 aliphatic carbocycles. The summed E-state index contributed by atoms with van der Waals surface area (Å²) in [5, 5.41) is 17.1. The first-order valence-corrected chi connectivity index (χ1v) is 7.60. The number of hydrogen-bond donors (Lipinski definition) is 2. The summed E-state index contributed by atoms with van der Waals surface area (Å²) >= 11 is 5.82. The highest BCUT2D eigenvalue weighted by atomic mass is 35.5. The highest BCUT2D eigenvalue weighted by molar-refractivity contribution is 7.89. The number of nitro groups is 1. The Morgan fingerprint density at radius 1 is 1.48 bits per heavy atom. The lowest BCUT2D eigenvalue weighted by atomic mass is 10.3. The number of benzene rings is 1. The number of nitrogens with zero attached hydrogens (tertiary/aromatic N) is 2. The van der Waals surface area contributed by atoms with Gasteiger partial charge < -0.3 is 0 Å². The van der Waals surface area contributed by atoms with E-state index in [-0.39, 0.29) is 22.2 Å². The smallest absolute Gasteiger partial charge is 0.270 e. The van der Waals surface area contributed by atoms with Crippen molar-refractivity contribution in [2.24, 2.45) is 0 Å². The fraction of sp³-hybridized carbons (Fsp3) is 0.182. The van der Waals surface area contributed by atoms with Crippen LogP contribution in [0.3, 0.4) is 0 Å². The molecule has 1 heterocycles. The highest BCUT2D eigenvalue weighted by Crippen LogP contribution is 2.26. The molecule has 21 heavy (non-hydrogen) atoms. The van der Waals surface area contributed by atoms with Crippen molar-refractivity contribution >= 4 is 27.3 Å². The summed E-state index contributed by atoms with van der Waals surface area (Å²) in [5.74, 6) is 0. The van der Waals surface area contributed by atoms with Crippen LogP contribution in [0.25, 0.3) is 0 Å². The lowest BCUT2D eigenvalue weighted by molar-refractivity contribution is -0.385. The number of rotatable bonds is 5. The van der Waals surface area contributed by atoms with E-state index in [1.807, 2.05) is 0 Å². The minimum atomic E-state index is -3.97. The Bertz CT molecular complexity index is 787. The molecule has 0 bridgehead atoms. The molecule has 0 saturated heterocycles. The van der Waals surface area contributed by atoms with Gasteiger partial charge in [0.05, 0.1) is 16.1 Å². The quantitative estimate of drug-likeness (QED) is 0.639. The van der Waals surface area contributed by atoms with Gasteiger partial charge in [-0.2, -0.15) is 5.10 Å². The van der Waals surface area contributed by atoms with E-state index < -0.39 is 14.9 Å². The van der Waals surface area contributed by atoms with Crippen molar-refractivity contribution in [3.63, 3.8) is 0 Å².